The van der Waals surface area contributed by atoms with Crippen LogP contribution in [0.3, 0.4) is 0 Å². The Morgan fingerprint density at radius 1 is 1.29 bits per heavy atom. The van der Waals surface area contributed by atoms with Crippen LogP contribution in [0.1, 0.15) is 30.1 Å². The molecule has 1 unspecified atom stereocenters. The summed E-state index contributed by atoms with van der Waals surface area (Å²) >= 11 is 0. The van der Waals surface area contributed by atoms with Crippen molar-refractivity contribution in [1.29, 1.82) is 0 Å². The van der Waals surface area contributed by atoms with Crippen molar-refractivity contribution in [3.63, 3.8) is 0 Å². The average Bonchev–Trinajstić information content (AvgIpc) is 3.30. The lowest BCUT2D eigenvalue weighted by molar-refractivity contribution is -0.141. The van der Waals surface area contributed by atoms with E-state index in [-0.39, 0.29) is 11.9 Å². The third kappa shape index (κ3) is 2.94. The number of aliphatic carboxylic acids is 1. The van der Waals surface area contributed by atoms with Crippen LogP contribution in [-0.4, -0.2) is 48.2 Å². The van der Waals surface area contributed by atoms with Crippen molar-refractivity contribution < 1.29 is 24.2 Å². The number of carboxylic acids is 1. The van der Waals surface area contributed by atoms with Gasteiger partial charge in [-0.15, -0.1) is 0 Å². The van der Waals surface area contributed by atoms with E-state index in [0.717, 1.165) is 12.8 Å². The standard InChI is InChI=1S/C15H19NO5/c1-9(15(18)19)16(10-7-8-10)14(17)11-5-4-6-12(20-2)13(11)21-3/h4-6,9-10H,7-8H2,1-3H3,(H,18,19). The highest BCUT2D eigenvalue weighted by molar-refractivity contribution is 6.00. The van der Waals surface area contributed by atoms with Crippen molar-refractivity contribution in [2.45, 2.75) is 31.8 Å². The number of hydrogen-bond acceptors (Lipinski definition) is 4. The molecule has 1 aliphatic carbocycles. The van der Waals surface area contributed by atoms with Gasteiger partial charge in [-0.05, 0) is 31.9 Å². The molecule has 0 heterocycles. The van der Waals surface area contributed by atoms with Crippen LogP contribution >= 0.6 is 0 Å². The minimum Gasteiger partial charge on any atom is -0.493 e. The molecule has 1 aromatic carbocycles. The minimum atomic E-state index is -1.02. The van der Waals surface area contributed by atoms with Gasteiger partial charge in [0, 0.05) is 6.04 Å². The summed E-state index contributed by atoms with van der Waals surface area (Å²) in [6.07, 6.45) is 1.66. The summed E-state index contributed by atoms with van der Waals surface area (Å²) in [7, 11) is 2.95. The van der Waals surface area contributed by atoms with Crippen molar-refractivity contribution in [2.75, 3.05) is 14.2 Å². The first kappa shape index (κ1) is 15.2. The van der Waals surface area contributed by atoms with Gasteiger partial charge < -0.3 is 19.5 Å². The van der Waals surface area contributed by atoms with Crippen molar-refractivity contribution in [1.82, 2.24) is 4.90 Å². The normalized spacial score (nSPS) is 15.2. The fourth-order valence-electron chi connectivity index (χ4n) is 2.32. The van der Waals surface area contributed by atoms with Crippen LogP contribution < -0.4 is 9.47 Å². The van der Waals surface area contributed by atoms with Gasteiger partial charge in [0.1, 0.15) is 6.04 Å². The Kier molecular flexibility index (Phi) is 4.35. The van der Waals surface area contributed by atoms with Crippen molar-refractivity contribution in [3.8, 4) is 11.5 Å². The third-order valence-corrected chi connectivity index (χ3v) is 3.58. The quantitative estimate of drug-likeness (QED) is 0.865. The second kappa shape index (κ2) is 6.03. The van der Waals surface area contributed by atoms with Crippen LogP contribution in [0.15, 0.2) is 18.2 Å². The molecule has 1 atom stereocenters. The van der Waals surface area contributed by atoms with E-state index >= 15 is 0 Å². The summed E-state index contributed by atoms with van der Waals surface area (Å²) in [5, 5.41) is 9.20. The van der Waals surface area contributed by atoms with E-state index in [1.807, 2.05) is 0 Å². The van der Waals surface area contributed by atoms with E-state index in [2.05, 4.69) is 0 Å². The number of carbonyl (C=O) groups excluding carboxylic acids is 1. The Morgan fingerprint density at radius 2 is 1.95 bits per heavy atom. The Balaban J connectivity index is 2.39. The zero-order valence-electron chi connectivity index (χ0n) is 12.3. The maximum absolute atomic E-state index is 12.7. The van der Waals surface area contributed by atoms with E-state index in [0.29, 0.717) is 17.1 Å². The Hall–Kier alpha value is -2.24. The van der Waals surface area contributed by atoms with Crippen LogP contribution in [0.4, 0.5) is 0 Å². The first-order valence-corrected chi connectivity index (χ1v) is 6.77. The zero-order valence-corrected chi connectivity index (χ0v) is 12.3. The van der Waals surface area contributed by atoms with Crippen LogP contribution in [0.2, 0.25) is 0 Å². The largest absolute Gasteiger partial charge is 0.493 e. The molecule has 21 heavy (non-hydrogen) atoms. The fourth-order valence-corrected chi connectivity index (χ4v) is 2.32. The molecule has 0 aliphatic heterocycles. The molecule has 1 fully saturated rings. The fraction of sp³-hybridized carbons (Fsp3) is 0.467. The van der Waals surface area contributed by atoms with E-state index in [4.69, 9.17) is 9.47 Å². The number of hydrogen-bond donors (Lipinski definition) is 1. The second-order valence-corrected chi connectivity index (χ2v) is 5.00. The maximum atomic E-state index is 12.7. The lowest BCUT2D eigenvalue weighted by Gasteiger charge is -2.27. The average molecular weight is 293 g/mol. The number of rotatable bonds is 6. The minimum absolute atomic E-state index is 0.0143. The Bertz CT molecular complexity index is 553. The molecule has 114 valence electrons. The van der Waals surface area contributed by atoms with Gasteiger partial charge in [0.2, 0.25) is 0 Å². The second-order valence-electron chi connectivity index (χ2n) is 5.00. The topological polar surface area (TPSA) is 76.1 Å². The van der Waals surface area contributed by atoms with Gasteiger partial charge in [-0.3, -0.25) is 4.79 Å². The Morgan fingerprint density at radius 3 is 2.43 bits per heavy atom. The number of para-hydroxylation sites is 1. The molecule has 1 N–H and O–H groups in total. The van der Waals surface area contributed by atoms with Crippen molar-refractivity contribution >= 4 is 11.9 Å². The molecule has 1 amide bonds. The lowest BCUT2D eigenvalue weighted by atomic mass is 10.1. The van der Waals surface area contributed by atoms with E-state index in [9.17, 15) is 14.7 Å². The van der Waals surface area contributed by atoms with Crippen LogP contribution in [0.5, 0.6) is 11.5 Å². The molecule has 0 bridgehead atoms. The molecule has 2 rings (SSSR count). The molecule has 6 heteroatoms. The summed E-state index contributed by atoms with van der Waals surface area (Å²) in [6, 6.07) is 4.11. The third-order valence-electron chi connectivity index (χ3n) is 3.58. The number of ether oxygens (including phenoxy) is 2. The van der Waals surface area contributed by atoms with Crippen molar-refractivity contribution in [3.05, 3.63) is 23.8 Å². The Labute approximate surface area is 123 Å². The highest BCUT2D eigenvalue weighted by Gasteiger charge is 2.39. The van der Waals surface area contributed by atoms with Crippen LogP contribution in [-0.2, 0) is 4.79 Å². The monoisotopic (exact) mass is 293 g/mol. The molecule has 1 aromatic rings. The van der Waals surface area contributed by atoms with Gasteiger partial charge in [-0.25, -0.2) is 4.79 Å². The van der Waals surface area contributed by atoms with E-state index < -0.39 is 12.0 Å². The number of methoxy groups -OCH3 is 2. The highest BCUT2D eigenvalue weighted by atomic mass is 16.5. The summed E-state index contributed by atoms with van der Waals surface area (Å²) in [6.45, 7) is 1.52. The van der Waals surface area contributed by atoms with Gasteiger partial charge in [0.25, 0.3) is 5.91 Å². The molecule has 6 nitrogen and oxygen atoms in total. The van der Waals surface area contributed by atoms with Gasteiger partial charge in [0.15, 0.2) is 11.5 Å². The first-order chi connectivity index (χ1) is 10.0. The summed E-state index contributed by atoms with van der Waals surface area (Å²) in [5.74, 6) is -0.587. The predicted octanol–water partition coefficient (Wildman–Crippen LogP) is 1.78. The molecule has 0 radical (unpaired) electrons. The van der Waals surface area contributed by atoms with Gasteiger partial charge in [-0.1, -0.05) is 6.07 Å². The SMILES string of the molecule is COc1cccc(C(=O)N(C2CC2)C(C)C(=O)O)c1OC. The maximum Gasteiger partial charge on any atom is 0.326 e. The smallest absolute Gasteiger partial charge is 0.326 e. The summed E-state index contributed by atoms with van der Waals surface area (Å²) in [5.41, 5.74) is 0.317. The number of carbonyl (C=O) groups is 2. The first-order valence-electron chi connectivity index (χ1n) is 6.77. The number of carboxylic acid groups (broad SMARTS) is 1. The predicted molar refractivity (Wildman–Crippen MR) is 75.8 cm³/mol. The molecular weight excluding hydrogens is 274 g/mol. The van der Waals surface area contributed by atoms with Gasteiger partial charge in [0.05, 0.1) is 19.8 Å². The van der Waals surface area contributed by atoms with E-state index in [1.54, 1.807) is 18.2 Å². The molecule has 1 saturated carbocycles. The zero-order chi connectivity index (χ0) is 15.6. The van der Waals surface area contributed by atoms with E-state index in [1.165, 1.54) is 26.0 Å². The number of benzene rings is 1. The highest BCUT2D eigenvalue weighted by Crippen LogP contribution is 2.35. The van der Waals surface area contributed by atoms with Crippen LogP contribution in [0.25, 0.3) is 0 Å². The molecule has 0 spiro atoms. The molecule has 1 aliphatic rings. The summed E-state index contributed by atoms with van der Waals surface area (Å²) in [4.78, 5) is 25.4. The van der Waals surface area contributed by atoms with Gasteiger partial charge >= 0.3 is 5.97 Å². The molecule has 0 saturated heterocycles. The van der Waals surface area contributed by atoms with Crippen molar-refractivity contribution in [2.24, 2.45) is 0 Å². The number of amides is 1. The molecular formula is C15H19NO5. The lowest BCUT2D eigenvalue weighted by Crippen LogP contribution is -2.44. The molecule has 0 aromatic heterocycles. The van der Waals surface area contributed by atoms with Crippen LogP contribution in [0, 0.1) is 0 Å². The number of nitrogens with zero attached hydrogens (tertiary/aromatic N) is 1. The summed E-state index contributed by atoms with van der Waals surface area (Å²) < 4.78 is 10.4. The van der Waals surface area contributed by atoms with Gasteiger partial charge in [-0.2, -0.15) is 0 Å².